The van der Waals surface area contributed by atoms with Crippen LogP contribution in [0.3, 0.4) is 0 Å². The number of nitrogens with zero attached hydrogens (tertiary/aromatic N) is 3. The second-order valence-electron chi connectivity index (χ2n) is 3.47. The Labute approximate surface area is 100 Å². The smallest absolute Gasteiger partial charge is 0.0257 e. The number of unbranched alkanes of at least 4 members (excludes halogenated alkanes) is 7. The summed E-state index contributed by atoms with van der Waals surface area (Å²) in [5.41, 5.74) is 8.05. The molecule has 0 aromatic heterocycles. The lowest BCUT2D eigenvalue weighted by atomic mass is 10.1. The molecule has 0 atom stereocenters. The molecule has 0 aliphatic carbocycles. The molecule has 0 aliphatic rings. The maximum atomic E-state index is 8.05. The van der Waals surface area contributed by atoms with Gasteiger partial charge in [-0.2, -0.15) is 0 Å². The quantitative estimate of drug-likeness (QED) is 0.138. The minimum absolute atomic E-state index is 0.672. The van der Waals surface area contributed by atoms with Gasteiger partial charge >= 0.3 is 0 Å². The van der Waals surface area contributed by atoms with E-state index in [0.717, 1.165) is 6.42 Å². The predicted molar refractivity (Wildman–Crippen MR) is 69.8 cm³/mol. The van der Waals surface area contributed by atoms with Crippen molar-refractivity contribution in [2.75, 3.05) is 11.0 Å². The molecule has 0 heterocycles. The van der Waals surface area contributed by atoms with Gasteiger partial charge in [0.2, 0.25) is 0 Å². The van der Waals surface area contributed by atoms with Crippen LogP contribution in [0.25, 0.3) is 10.4 Å². The molecule has 0 aliphatic heterocycles. The molecule has 14 heavy (non-hydrogen) atoms. The third-order valence-corrected chi connectivity index (χ3v) is 2.97. The molecule has 0 bridgehead atoms. The van der Waals surface area contributed by atoms with Crippen LogP contribution in [-0.4, -0.2) is 11.0 Å². The first-order valence-corrected chi connectivity index (χ1v) is 7.01. The summed E-state index contributed by atoms with van der Waals surface area (Å²) in [5, 5.41) is 3.51. The topological polar surface area (TPSA) is 48.8 Å². The second kappa shape index (κ2) is 13.0. The Balaban J connectivity index is 2.88. The summed E-state index contributed by atoms with van der Waals surface area (Å²) in [6.45, 7) is 0.672. The van der Waals surface area contributed by atoms with E-state index in [9.17, 15) is 0 Å². The average molecular weight is 309 g/mol. The predicted octanol–water partition coefficient (Wildman–Crippen LogP) is 4.85. The largest absolute Gasteiger partial charge is 0.0940 e. The zero-order valence-corrected chi connectivity index (χ0v) is 10.9. The normalized spacial score (nSPS) is 9.79. The molecule has 0 N–H and O–H groups in total. The zero-order chi connectivity index (χ0) is 10.5. The Kier molecular flexibility index (Phi) is 13.1. The van der Waals surface area contributed by atoms with E-state index in [0.29, 0.717) is 6.54 Å². The van der Waals surface area contributed by atoms with Gasteiger partial charge in [0.25, 0.3) is 0 Å². The Morgan fingerprint density at radius 3 is 1.86 bits per heavy atom. The second-order valence-corrected chi connectivity index (χ2v) is 4.55. The van der Waals surface area contributed by atoms with Gasteiger partial charge < -0.3 is 0 Å². The summed E-state index contributed by atoms with van der Waals surface area (Å²) in [6.07, 6.45) is 10.4. The number of halogens is 1. The highest BCUT2D eigenvalue weighted by Gasteiger charge is 1.91. The molecule has 0 fully saturated rings. The number of hydrogen-bond donors (Lipinski definition) is 0. The van der Waals surface area contributed by atoms with Crippen LogP contribution in [0.2, 0.25) is 0 Å². The van der Waals surface area contributed by atoms with Crippen molar-refractivity contribution in [2.45, 2.75) is 51.4 Å². The van der Waals surface area contributed by atoms with Crippen molar-refractivity contribution in [2.24, 2.45) is 5.11 Å². The fraction of sp³-hybridized carbons (Fsp3) is 1.00. The molecule has 0 saturated heterocycles. The molecular formula is C10H20IN3. The SMILES string of the molecule is [N-]=[N+]=NCCCCCCCCCCI. The number of hydrogen-bond acceptors (Lipinski definition) is 1. The van der Waals surface area contributed by atoms with Crippen LogP contribution in [0.1, 0.15) is 51.4 Å². The Morgan fingerprint density at radius 2 is 1.36 bits per heavy atom. The Hall–Kier alpha value is 0.0400. The standard InChI is InChI=1S/C10H20IN3/c11-9-7-5-3-1-2-4-6-8-10-13-14-12/h1-10H2. The van der Waals surface area contributed by atoms with Crippen molar-refractivity contribution in [3.05, 3.63) is 10.4 Å². The highest BCUT2D eigenvalue weighted by atomic mass is 127. The zero-order valence-electron chi connectivity index (χ0n) is 8.79. The highest BCUT2D eigenvalue weighted by Crippen LogP contribution is 2.09. The molecule has 0 amide bonds. The highest BCUT2D eigenvalue weighted by molar-refractivity contribution is 14.1. The van der Waals surface area contributed by atoms with Gasteiger partial charge in [0.15, 0.2) is 0 Å². The van der Waals surface area contributed by atoms with Crippen LogP contribution in [0.15, 0.2) is 5.11 Å². The maximum Gasteiger partial charge on any atom is 0.0257 e. The molecular weight excluding hydrogens is 289 g/mol. The van der Waals surface area contributed by atoms with Crippen molar-refractivity contribution < 1.29 is 0 Å². The molecule has 0 rings (SSSR count). The molecule has 0 saturated carbocycles. The van der Waals surface area contributed by atoms with Gasteiger partial charge in [-0.05, 0) is 22.8 Å². The van der Waals surface area contributed by atoms with Gasteiger partial charge in [-0.25, -0.2) is 0 Å². The molecule has 0 aromatic rings. The van der Waals surface area contributed by atoms with Crippen LogP contribution < -0.4 is 0 Å². The van der Waals surface area contributed by atoms with Crippen LogP contribution >= 0.6 is 22.6 Å². The summed E-state index contributed by atoms with van der Waals surface area (Å²) in [7, 11) is 0. The van der Waals surface area contributed by atoms with Crippen molar-refractivity contribution in [1.82, 2.24) is 0 Å². The van der Waals surface area contributed by atoms with Crippen molar-refractivity contribution in [1.29, 1.82) is 0 Å². The van der Waals surface area contributed by atoms with Gasteiger partial charge in [0.05, 0.1) is 0 Å². The molecule has 0 unspecified atom stereocenters. The van der Waals surface area contributed by atoms with E-state index in [-0.39, 0.29) is 0 Å². The van der Waals surface area contributed by atoms with E-state index in [2.05, 4.69) is 32.6 Å². The van der Waals surface area contributed by atoms with Crippen molar-refractivity contribution in [3.8, 4) is 0 Å². The van der Waals surface area contributed by atoms with Crippen molar-refractivity contribution in [3.63, 3.8) is 0 Å². The molecule has 82 valence electrons. The van der Waals surface area contributed by atoms with Gasteiger partial charge in [0.1, 0.15) is 0 Å². The van der Waals surface area contributed by atoms with Crippen LogP contribution in [0, 0.1) is 0 Å². The van der Waals surface area contributed by atoms with Crippen molar-refractivity contribution >= 4 is 22.6 Å². The Bertz CT molecular complexity index is 155. The molecule has 0 radical (unpaired) electrons. The van der Waals surface area contributed by atoms with Crippen LogP contribution in [0.5, 0.6) is 0 Å². The van der Waals surface area contributed by atoms with Gasteiger partial charge in [-0.3, -0.25) is 0 Å². The molecule has 3 nitrogen and oxygen atoms in total. The lowest BCUT2D eigenvalue weighted by molar-refractivity contribution is 0.580. The third kappa shape index (κ3) is 12.0. The summed E-state index contributed by atoms with van der Waals surface area (Å²) >= 11 is 2.43. The fourth-order valence-corrected chi connectivity index (χ4v) is 1.92. The van der Waals surface area contributed by atoms with E-state index in [1.54, 1.807) is 0 Å². The van der Waals surface area contributed by atoms with Crippen LogP contribution in [-0.2, 0) is 0 Å². The van der Waals surface area contributed by atoms with Gasteiger partial charge in [-0.15, -0.1) is 0 Å². The lowest BCUT2D eigenvalue weighted by Crippen LogP contribution is -1.83. The summed E-state index contributed by atoms with van der Waals surface area (Å²) in [6, 6.07) is 0. The van der Waals surface area contributed by atoms with E-state index in [1.807, 2.05) is 0 Å². The van der Waals surface area contributed by atoms with Crippen LogP contribution in [0.4, 0.5) is 0 Å². The number of azide groups is 1. The number of rotatable bonds is 10. The molecule has 0 aromatic carbocycles. The maximum absolute atomic E-state index is 8.05. The summed E-state index contributed by atoms with van der Waals surface area (Å²) in [5.74, 6) is 0. The first-order valence-electron chi connectivity index (χ1n) is 5.48. The first-order chi connectivity index (χ1) is 6.91. The Morgan fingerprint density at radius 1 is 0.857 bits per heavy atom. The van der Waals surface area contributed by atoms with E-state index < -0.39 is 0 Å². The first kappa shape index (κ1) is 14.0. The minimum atomic E-state index is 0.672. The fourth-order valence-electron chi connectivity index (χ4n) is 1.38. The summed E-state index contributed by atoms with van der Waals surface area (Å²) < 4.78 is 1.30. The van der Waals surface area contributed by atoms with Gasteiger partial charge in [-0.1, -0.05) is 66.2 Å². The summed E-state index contributed by atoms with van der Waals surface area (Å²) in [4.78, 5) is 2.73. The van der Waals surface area contributed by atoms with E-state index >= 15 is 0 Å². The lowest BCUT2D eigenvalue weighted by Gasteiger charge is -1.99. The van der Waals surface area contributed by atoms with E-state index in [1.165, 1.54) is 49.4 Å². The monoisotopic (exact) mass is 309 g/mol. The molecule has 0 spiro atoms. The number of alkyl halides is 1. The molecule has 4 heteroatoms. The third-order valence-electron chi connectivity index (χ3n) is 2.20. The van der Waals surface area contributed by atoms with E-state index in [4.69, 9.17) is 5.53 Å². The van der Waals surface area contributed by atoms with Gasteiger partial charge in [0, 0.05) is 11.5 Å². The minimum Gasteiger partial charge on any atom is -0.0940 e. The average Bonchev–Trinajstić information content (AvgIpc) is 2.21.